The molecule has 0 radical (unpaired) electrons. The summed E-state index contributed by atoms with van der Waals surface area (Å²) in [7, 11) is 0. The van der Waals surface area contributed by atoms with E-state index in [1.54, 1.807) is 13.8 Å². The van der Waals surface area contributed by atoms with Crippen LogP contribution in [0, 0.1) is 0 Å². The summed E-state index contributed by atoms with van der Waals surface area (Å²) < 4.78 is 5.46. The first-order valence-corrected chi connectivity index (χ1v) is 5.12. The Bertz CT molecular complexity index is 335. The van der Waals surface area contributed by atoms with Gasteiger partial charge in [-0.2, -0.15) is 0 Å². The third-order valence-corrected chi connectivity index (χ3v) is 2.02. The van der Waals surface area contributed by atoms with Gasteiger partial charge < -0.3 is 15.2 Å². The fourth-order valence-electron chi connectivity index (χ4n) is 1.32. The monoisotopic (exact) mass is 223 g/mol. The summed E-state index contributed by atoms with van der Waals surface area (Å²) >= 11 is 0. The van der Waals surface area contributed by atoms with Crippen molar-refractivity contribution in [1.29, 1.82) is 0 Å². The van der Waals surface area contributed by atoms with Crippen LogP contribution in [-0.4, -0.2) is 23.3 Å². The highest BCUT2D eigenvalue weighted by atomic mass is 16.5. The van der Waals surface area contributed by atoms with E-state index in [-0.39, 0.29) is 0 Å². The molecule has 0 fully saturated rings. The van der Waals surface area contributed by atoms with Gasteiger partial charge in [-0.15, -0.1) is 0 Å². The van der Waals surface area contributed by atoms with Crippen LogP contribution in [0.1, 0.15) is 19.4 Å². The summed E-state index contributed by atoms with van der Waals surface area (Å²) in [5, 5.41) is 11.0. The SMILES string of the molecule is CC(C)(COCc1ccccc1)NC(=O)O. The molecule has 4 heteroatoms. The van der Waals surface area contributed by atoms with E-state index in [1.807, 2.05) is 30.3 Å². The first-order valence-electron chi connectivity index (χ1n) is 5.12. The number of rotatable bonds is 5. The molecule has 1 aromatic rings. The molecule has 0 aliphatic carbocycles. The smallest absolute Gasteiger partial charge is 0.405 e. The third-order valence-electron chi connectivity index (χ3n) is 2.02. The highest BCUT2D eigenvalue weighted by Gasteiger charge is 2.19. The Morgan fingerprint density at radius 1 is 1.38 bits per heavy atom. The number of benzene rings is 1. The van der Waals surface area contributed by atoms with Gasteiger partial charge in [0.25, 0.3) is 0 Å². The van der Waals surface area contributed by atoms with Gasteiger partial charge >= 0.3 is 6.09 Å². The summed E-state index contributed by atoms with van der Waals surface area (Å²) in [5.74, 6) is 0. The summed E-state index contributed by atoms with van der Waals surface area (Å²) in [6.45, 7) is 4.40. The van der Waals surface area contributed by atoms with Crippen LogP contribution in [0.4, 0.5) is 4.79 Å². The van der Waals surface area contributed by atoms with E-state index in [1.165, 1.54) is 0 Å². The molecule has 16 heavy (non-hydrogen) atoms. The minimum absolute atomic E-state index is 0.341. The zero-order chi connectivity index (χ0) is 12.0. The first kappa shape index (κ1) is 12.5. The minimum Gasteiger partial charge on any atom is -0.465 e. The lowest BCUT2D eigenvalue weighted by molar-refractivity contribution is 0.0701. The molecule has 2 N–H and O–H groups in total. The second-order valence-electron chi connectivity index (χ2n) is 4.29. The highest BCUT2D eigenvalue weighted by Crippen LogP contribution is 2.06. The molecule has 1 rings (SSSR count). The first-order chi connectivity index (χ1) is 7.49. The summed E-state index contributed by atoms with van der Waals surface area (Å²) in [6, 6.07) is 9.77. The Labute approximate surface area is 95.2 Å². The van der Waals surface area contributed by atoms with E-state index in [2.05, 4.69) is 5.32 Å². The molecule has 0 aliphatic heterocycles. The fraction of sp³-hybridized carbons (Fsp3) is 0.417. The lowest BCUT2D eigenvalue weighted by atomic mass is 10.1. The second kappa shape index (κ2) is 5.51. The zero-order valence-electron chi connectivity index (χ0n) is 9.56. The van der Waals surface area contributed by atoms with Crippen molar-refractivity contribution < 1.29 is 14.6 Å². The third kappa shape index (κ3) is 4.79. The summed E-state index contributed by atoms with van der Waals surface area (Å²) in [6.07, 6.45) is -1.03. The van der Waals surface area contributed by atoms with Crippen LogP contribution < -0.4 is 5.32 Å². The topological polar surface area (TPSA) is 58.6 Å². The molecule has 0 atom stereocenters. The van der Waals surface area contributed by atoms with Gasteiger partial charge in [0, 0.05) is 0 Å². The van der Waals surface area contributed by atoms with Crippen LogP contribution in [0.2, 0.25) is 0 Å². The molecule has 0 spiro atoms. The molecule has 88 valence electrons. The van der Waals surface area contributed by atoms with Crippen LogP contribution in [0.5, 0.6) is 0 Å². The number of nitrogens with one attached hydrogen (secondary N) is 1. The average molecular weight is 223 g/mol. The molecule has 1 amide bonds. The van der Waals surface area contributed by atoms with Crippen molar-refractivity contribution in [2.24, 2.45) is 0 Å². The molecule has 1 aromatic carbocycles. The standard InChI is InChI=1S/C12H17NO3/c1-12(2,13-11(14)15)9-16-8-10-6-4-3-5-7-10/h3-7,13H,8-9H2,1-2H3,(H,14,15). The number of hydrogen-bond acceptors (Lipinski definition) is 2. The Morgan fingerprint density at radius 3 is 2.56 bits per heavy atom. The normalized spacial score (nSPS) is 11.1. The predicted molar refractivity (Wildman–Crippen MR) is 61.3 cm³/mol. The van der Waals surface area contributed by atoms with Crippen LogP contribution >= 0.6 is 0 Å². The van der Waals surface area contributed by atoms with E-state index in [0.717, 1.165) is 5.56 Å². The van der Waals surface area contributed by atoms with Crippen molar-refractivity contribution in [3.63, 3.8) is 0 Å². The molecular weight excluding hydrogens is 206 g/mol. The molecular formula is C12H17NO3. The van der Waals surface area contributed by atoms with Gasteiger partial charge in [-0.05, 0) is 19.4 Å². The van der Waals surface area contributed by atoms with Crippen LogP contribution in [0.25, 0.3) is 0 Å². The average Bonchev–Trinajstić information content (AvgIpc) is 2.16. The molecule has 0 bridgehead atoms. The molecule has 0 aliphatic rings. The maximum Gasteiger partial charge on any atom is 0.405 e. The zero-order valence-corrected chi connectivity index (χ0v) is 9.56. The fourth-order valence-corrected chi connectivity index (χ4v) is 1.32. The Kier molecular flexibility index (Phi) is 4.31. The van der Waals surface area contributed by atoms with Crippen molar-refractivity contribution in [2.75, 3.05) is 6.61 Å². The predicted octanol–water partition coefficient (Wildman–Crippen LogP) is 2.25. The van der Waals surface area contributed by atoms with E-state index in [4.69, 9.17) is 9.84 Å². The Morgan fingerprint density at radius 2 is 2.00 bits per heavy atom. The summed E-state index contributed by atoms with van der Waals surface area (Å²) in [4.78, 5) is 10.5. The second-order valence-corrected chi connectivity index (χ2v) is 4.29. The Hall–Kier alpha value is -1.55. The lowest BCUT2D eigenvalue weighted by Crippen LogP contribution is -2.46. The van der Waals surface area contributed by atoms with Crippen molar-refractivity contribution >= 4 is 6.09 Å². The van der Waals surface area contributed by atoms with Crippen LogP contribution in [0.3, 0.4) is 0 Å². The van der Waals surface area contributed by atoms with E-state index >= 15 is 0 Å². The molecule has 0 heterocycles. The van der Waals surface area contributed by atoms with Crippen molar-refractivity contribution in [3.8, 4) is 0 Å². The molecule has 0 aromatic heterocycles. The van der Waals surface area contributed by atoms with Crippen molar-refractivity contribution in [2.45, 2.75) is 26.0 Å². The molecule has 0 saturated carbocycles. The lowest BCUT2D eigenvalue weighted by Gasteiger charge is -2.24. The van der Waals surface area contributed by atoms with Gasteiger partial charge in [0.2, 0.25) is 0 Å². The quantitative estimate of drug-likeness (QED) is 0.804. The van der Waals surface area contributed by atoms with Gasteiger partial charge in [-0.1, -0.05) is 30.3 Å². The van der Waals surface area contributed by atoms with E-state index in [0.29, 0.717) is 13.2 Å². The maximum atomic E-state index is 10.5. The summed E-state index contributed by atoms with van der Waals surface area (Å²) in [5.41, 5.74) is 0.509. The van der Waals surface area contributed by atoms with Crippen LogP contribution in [0.15, 0.2) is 30.3 Å². The Balaban J connectivity index is 2.32. The largest absolute Gasteiger partial charge is 0.465 e. The van der Waals surface area contributed by atoms with Crippen molar-refractivity contribution in [1.82, 2.24) is 5.32 Å². The number of ether oxygens (including phenoxy) is 1. The van der Waals surface area contributed by atoms with Gasteiger partial charge in [0.1, 0.15) is 0 Å². The number of carboxylic acid groups (broad SMARTS) is 1. The van der Waals surface area contributed by atoms with Gasteiger partial charge in [0.15, 0.2) is 0 Å². The van der Waals surface area contributed by atoms with E-state index in [9.17, 15) is 4.79 Å². The van der Waals surface area contributed by atoms with Gasteiger partial charge in [-0.3, -0.25) is 0 Å². The molecule has 0 unspecified atom stereocenters. The minimum atomic E-state index is -1.03. The van der Waals surface area contributed by atoms with E-state index < -0.39 is 11.6 Å². The molecule has 0 saturated heterocycles. The number of carbonyl (C=O) groups is 1. The maximum absolute atomic E-state index is 10.5. The van der Waals surface area contributed by atoms with Gasteiger partial charge in [0.05, 0.1) is 18.8 Å². The van der Waals surface area contributed by atoms with Crippen molar-refractivity contribution in [3.05, 3.63) is 35.9 Å². The number of hydrogen-bond donors (Lipinski definition) is 2. The van der Waals surface area contributed by atoms with Crippen LogP contribution in [-0.2, 0) is 11.3 Å². The molecule has 4 nitrogen and oxygen atoms in total. The number of amides is 1. The van der Waals surface area contributed by atoms with Gasteiger partial charge in [-0.25, -0.2) is 4.79 Å². The highest BCUT2D eigenvalue weighted by molar-refractivity contribution is 5.65.